The van der Waals surface area contributed by atoms with E-state index in [0.717, 1.165) is 23.7 Å². The number of carbonyl (C=O) groups is 3. The zero-order valence-electron chi connectivity index (χ0n) is 19.7. The SMILES string of the molecule is O=C(CN(C(=O)c1cnn(C2CCC(C(=O)O)CC2)c1C(F)(F)F)C1CCCC1)c1c(Cl)cncc1Cl. The fourth-order valence-electron chi connectivity index (χ4n) is 5.29. The first-order chi connectivity index (χ1) is 17.5. The predicted molar refractivity (Wildman–Crippen MR) is 128 cm³/mol. The highest BCUT2D eigenvalue weighted by molar-refractivity contribution is 6.39. The van der Waals surface area contributed by atoms with Gasteiger partial charge >= 0.3 is 12.1 Å². The van der Waals surface area contributed by atoms with Crippen molar-refractivity contribution >= 4 is 40.9 Å². The van der Waals surface area contributed by atoms with E-state index in [1.165, 1.54) is 17.3 Å². The molecule has 2 aromatic rings. The number of hydrogen-bond acceptors (Lipinski definition) is 5. The van der Waals surface area contributed by atoms with Crippen LogP contribution in [0.3, 0.4) is 0 Å². The van der Waals surface area contributed by atoms with Crippen molar-refractivity contribution in [3.8, 4) is 0 Å². The van der Waals surface area contributed by atoms with Crippen LogP contribution in [0.1, 0.15) is 83.8 Å². The molecule has 0 aliphatic heterocycles. The second kappa shape index (κ2) is 11.0. The number of pyridine rings is 1. The van der Waals surface area contributed by atoms with Gasteiger partial charge in [-0.1, -0.05) is 36.0 Å². The molecule has 1 N–H and O–H groups in total. The van der Waals surface area contributed by atoms with Gasteiger partial charge in [-0.25, -0.2) is 0 Å². The first-order valence-electron chi connectivity index (χ1n) is 12.0. The van der Waals surface area contributed by atoms with Crippen molar-refractivity contribution in [2.24, 2.45) is 5.92 Å². The summed E-state index contributed by atoms with van der Waals surface area (Å²) >= 11 is 12.2. The molecule has 37 heavy (non-hydrogen) atoms. The minimum atomic E-state index is -4.89. The minimum absolute atomic E-state index is 0.0166. The molecule has 0 saturated heterocycles. The molecule has 8 nitrogen and oxygen atoms in total. The van der Waals surface area contributed by atoms with E-state index in [-0.39, 0.29) is 41.3 Å². The number of amides is 1. The van der Waals surface area contributed by atoms with E-state index in [9.17, 15) is 32.7 Å². The molecular weight excluding hydrogens is 536 g/mol. The molecule has 2 aliphatic carbocycles. The Kier molecular flexibility index (Phi) is 8.13. The number of Topliss-reactive ketones (excluding diaryl/α,β-unsaturated/α-hetero) is 1. The van der Waals surface area contributed by atoms with Gasteiger partial charge in [0.05, 0.1) is 45.9 Å². The highest BCUT2D eigenvalue weighted by Crippen LogP contribution is 2.39. The van der Waals surface area contributed by atoms with Crippen LogP contribution in [0.4, 0.5) is 13.2 Å². The Morgan fingerprint density at radius 2 is 1.59 bits per heavy atom. The lowest BCUT2D eigenvalue weighted by Gasteiger charge is -2.30. The summed E-state index contributed by atoms with van der Waals surface area (Å²) in [6.07, 6.45) is 1.93. The molecule has 2 aromatic heterocycles. The maximum Gasteiger partial charge on any atom is 0.433 e. The monoisotopic (exact) mass is 560 g/mol. The molecule has 13 heteroatoms. The van der Waals surface area contributed by atoms with Crippen LogP contribution in [0.5, 0.6) is 0 Å². The van der Waals surface area contributed by atoms with Crippen molar-refractivity contribution in [1.29, 1.82) is 0 Å². The summed E-state index contributed by atoms with van der Waals surface area (Å²) in [5.74, 6) is -3.14. The summed E-state index contributed by atoms with van der Waals surface area (Å²) in [6.45, 7) is -0.501. The number of aliphatic carboxylic acids is 1. The number of hydrogen-bond donors (Lipinski definition) is 1. The molecule has 0 unspecified atom stereocenters. The van der Waals surface area contributed by atoms with Gasteiger partial charge in [-0.15, -0.1) is 0 Å². The first-order valence-corrected chi connectivity index (χ1v) is 12.7. The predicted octanol–water partition coefficient (Wildman–Crippen LogP) is 5.69. The molecule has 200 valence electrons. The summed E-state index contributed by atoms with van der Waals surface area (Å²) in [5, 5.41) is 13.1. The number of ketones is 1. The Balaban J connectivity index is 1.67. The van der Waals surface area contributed by atoms with Crippen molar-refractivity contribution < 1.29 is 32.7 Å². The number of rotatable bonds is 7. The number of halogens is 5. The van der Waals surface area contributed by atoms with Gasteiger partial charge in [0.25, 0.3) is 5.91 Å². The fraction of sp³-hybridized carbons (Fsp3) is 0.542. The van der Waals surface area contributed by atoms with Crippen molar-refractivity contribution in [3.63, 3.8) is 0 Å². The van der Waals surface area contributed by atoms with Gasteiger partial charge in [-0.05, 0) is 38.5 Å². The smallest absolute Gasteiger partial charge is 0.433 e. The van der Waals surface area contributed by atoms with Gasteiger partial charge in [-0.3, -0.25) is 24.0 Å². The average molecular weight is 561 g/mol. The third-order valence-corrected chi connectivity index (χ3v) is 7.73. The Labute approximate surface area is 220 Å². The fourth-order valence-corrected chi connectivity index (χ4v) is 5.87. The molecule has 0 atom stereocenters. The molecule has 2 heterocycles. The van der Waals surface area contributed by atoms with Gasteiger partial charge in [0.2, 0.25) is 0 Å². The van der Waals surface area contributed by atoms with E-state index in [1.54, 1.807) is 0 Å². The van der Waals surface area contributed by atoms with E-state index in [4.69, 9.17) is 23.2 Å². The number of aromatic nitrogens is 3. The normalized spacial score (nSPS) is 20.7. The highest BCUT2D eigenvalue weighted by atomic mass is 35.5. The van der Waals surface area contributed by atoms with Crippen LogP contribution in [-0.2, 0) is 11.0 Å². The molecule has 4 rings (SSSR count). The lowest BCUT2D eigenvalue weighted by Crippen LogP contribution is -2.43. The standard InChI is InChI=1S/C24H25Cl2F3N4O4/c25-17-10-30-11-18(26)20(17)19(34)12-32(14-3-1-2-4-14)22(35)16-9-31-33(21(16)24(27,28)29)15-7-5-13(6-8-15)23(36)37/h9-11,13-15H,1-8,12H2,(H,36,37). The van der Waals surface area contributed by atoms with Crippen molar-refractivity contribution in [1.82, 2.24) is 19.7 Å². The molecule has 0 bridgehead atoms. The second-order valence-electron chi connectivity index (χ2n) is 9.47. The number of carboxylic acids is 1. The number of nitrogens with zero attached hydrogens (tertiary/aromatic N) is 4. The van der Waals surface area contributed by atoms with Gasteiger partial charge in [0, 0.05) is 18.4 Å². The quantitative estimate of drug-likeness (QED) is 0.436. The Morgan fingerprint density at radius 3 is 2.14 bits per heavy atom. The lowest BCUT2D eigenvalue weighted by atomic mass is 9.86. The van der Waals surface area contributed by atoms with Crippen LogP contribution in [0, 0.1) is 5.92 Å². The number of alkyl halides is 3. The van der Waals surface area contributed by atoms with Crippen LogP contribution in [0.2, 0.25) is 10.0 Å². The molecule has 0 spiro atoms. The van der Waals surface area contributed by atoms with Crippen LogP contribution in [0.25, 0.3) is 0 Å². The van der Waals surface area contributed by atoms with E-state index in [1.807, 2.05) is 0 Å². The number of carboxylic acid groups (broad SMARTS) is 1. The molecule has 1 amide bonds. The van der Waals surface area contributed by atoms with Crippen molar-refractivity contribution in [2.75, 3.05) is 6.54 Å². The lowest BCUT2D eigenvalue weighted by molar-refractivity contribution is -0.147. The Bertz CT molecular complexity index is 1170. The Hall–Kier alpha value is -2.66. The van der Waals surface area contributed by atoms with Crippen molar-refractivity contribution in [3.05, 3.63) is 45.5 Å². The van der Waals surface area contributed by atoms with Gasteiger partial charge in [0.1, 0.15) is 0 Å². The molecular formula is C24H25Cl2F3N4O4. The highest BCUT2D eigenvalue weighted by Gasteiger charge is 2.44. The third-order valence-electron chi connectivity index (χ3n) is 7.16. The van der Waals surface area contributed by atoms with E-state index in [2.05, 4.69) is 10.1 Å². The molecule has 0 radical (unpaired) electrons. The maximum atomic E-state index is 14.3. The first kappa shape index (κ1) is 27.4. The van der Waals surface area contributed by atoms with Crippen molar-refractivity contribution in [2.45, 2.75) is 69.6 Å². The number of carbonyl (C=O) groups excluding carboxylic acids is 2. The molecule has 2 fully saturated rings. The summed E-state index contributed by atoms with van der Waals surface area (Å²) in [7, 11) is 0. The zero-order chi connectivity index (χ0) is 26.9. The van der Waals surface area contributed by atoms with E-state index >= 15 is 0 Å². The summed E-state index contributed by atoms with van der Waals surface area (Å²) in [5.41, 5.74) is -1.87. The van der Waals surface area contributed by atoms with E-state index in [0.29, 0.717) is 12.8 Å². The summed E-state index contributed by atoms with van der Waals surface area (Å²) in [6, 6.07) is -1.11. The average Bonchev–Trinajstić information content (AvgIpc) is 3.52. The minimum Gasteiger partial charge on any atom is -0.481 e. The van der Waals surface area contributed by atoms with Crippen LogP contribution in [-0.4, -0.2) is 55.0 Å². The third kappa shape index (κ3) is 5.77. The zero-order valence-corrected chi connectivity index (χ0v) is 21.2. The van der Waals surface area contributed by atoms with Crippen LogP contribution in [0.15, 0.2) is 18.6 Å². The summed E-state index contributed by atoms with van der Waals surface area (Å²) in [4.78, 5) is 43.0. The van der Waals surface area contributed by atoms with Gasteiger partial charge < -0.3 is 10.0 Å². The maximum absolute atomic E-state index is 14.3. The van der Waals surface area contributed by atoms with Crippen LogP contribution < -0.4 is 0 Å². The van der Waals surface area contributed by atoms with Gasteiger partial charge in [-0.2, -0.15) is 18.3 Å². The van der Waals surface area contributed by atoms with Crippen LogP contribution >= 0.6 is 23.2 Å². The van der Waals surface area contributed by atoms with E-state index < -0.39 is 59.6 Å². The Morgan fingerprint density at radius 1 is 1.00 bits per heavy atom. The topological polar surface area (TPSA) is 105 Å². The largest absolute Gasteiger partial charge is 0.481 e. The second-order valence-corrected chi connectivity index (χ2v) is 10.3. The summed E-state index contributed by atoms with van der Waals surface area (Å²) < 4.78 is 43.7. The molecule has 0 aromatic carbocycles. The molecule has 2 saturated carbocycles. The molecule has 2 aliphatic rings. The van der Waals surface area contributed by atoms with Gasteiger partial charge in [0.15, 0.2) is 11.5 Å².